The van der Waals surface area contributed by atoms with E-state index in [0.29, 0.717) is 24.8 Å². The van der Waals surface area contributed by atoms with Crippen molar-refractivity contribution < 1.29 is 9.47 Å². The van der Waals surface area contributed by atoms with E-state index in [4.69, 9.17) is 9.47 Å². The van der Waals surface area contributed by atoms with Gasteiger partial charge in [-0.25, -0.2) is 0 Å². The molecule has 0 radical (unpaired) electrons. The molecule has 140 valence electrons. The van der Waals surface area contributed by atoms with Crippen molar-refractivity contribution in [2.45, 2.75) is 50.7 Å². The number of fused-ring (bicyclic) bond motifs is 6. The van der Waals surface area contributed by atoms with Gasteiger partial charge in [-0.2, -0.15) is 0 Å². The van der Waals surface area contributed by atoms with Gasteiger partial charge in [0, 0.05) is 30.4 Å². The molecule has 0 unspecified atom stereocenters. The molecule has 2 aromatic carbocycles. The molecule has 0 amide bonds. The molecular weight excluding hydrogens is 336 g/mol. The van der Waals surface area contributed by atoms with E-state index in [0.717, 1.165) is 24.5 Å². The predicted molar refractivity (Wildman–Crippen MR) is 105 cm³/mol. The van der Waals surface area contributed by atoms with Gasteiger partial charge in [-0.1, -0.05) is 38.1 Å². The van der Waals surface area contributed by atoms with Crippen LogP contribution in [0.4, 0.5) is 5.69 Å². The molecule has 4 heterocycles. The highest BCUT2D eigenvalue weighted by Gasteiger charge is 2.50. The minimum atomic E-state index is 0.120. The summed E-state index contributed by atoms with van der Waals surface area (Å²) in [5, 5.41) is 3.94. The van der Waals surface area contributed by atoms with Gasteiger partial charge in [0.15, 0.2) is 11.5 Å². The molecule has 0 saturated carbocycles. The van der Waals surface area contributed by atoms with Crippen molar-refractivity contribution in [3.8, 4) is 11.5 Å². The summed E-state index contributed by atoms with van der Waals surface area (Å²) >= 11 is 0. The molecule has 2 aromatic rings. The Morgan fingerprint density at radius 1 is 1.07 bits per heavy atom. The molecule has 1 N–H and O–H groups in total. The van der Waals surface area contributed by atoms with Crippen LogP contribution in [0.25, 0.3) is 0 Å². The largest absolute Gasteiger partial charge is 0.454 e. The highest BCUT2D eigenvalue weighted by atomic mass is 16.7. The second kappa shape index (κ2) is 5.41. The lowest BCUT2D eigenvalue weighted by Gasteiger charge is -2.56. The average Bonchev–Trinajstić information content (AvgIpc) is 3.13. The molecule has 0 spiro atoms. The lowest BCUT2D eigenvalue weighted by Crippen LogP contribution is -2.62. The van der Waals surface area contributed by atoms with Crippen molar-refractivity contribution >= 4 is 5.69 Å². The van der Waals surface area contributed by atoms with Crippen molar-refractivity contribution in [3.63, 3.8) is 0 Å². The Morgan fingerprint density at radius 2 is 1.85 bits per heavy atom. The number of benzene rings is 2. The molecular formula is C23H26N2O2. The monoisotopic (exact) mass is 362 g/mol. The Hall–Kier alpha value is -2.20. The third-order valence-electron chi connectivity index (χ3n) is 7.42. The van der Waals surface area contributed by atoms with Crippen LogP contribution >= 0.6 is 0 Å². The summed E-state index contributed by atoms with van der Waals surface area (Å²) in [5.74, 6) is 2.39. The van der Waals surface area contributed by atoms with Crippen LogP contribution in [0.1, 0.15) is 37.0 Å². The highest BCUT2D eigenvalue weighted by molar-refractivity contribution is 5.66. The molecule has 1 saturated heterocycles. The topological polar surface area (TPSA) is 33.7 Å². The summed E-state index contributed by atoms with van der Waals surface area (Å²) in [7, 11) is 0. The van der Waals surface area contributed by atoms with Crippen LogP contribution in [0.2, 0.25) is 0 Å². The van der Waals surface area contributed by atoms with E-state index in [1.807, 2.05) is 0 Å². The Morgan fingerprint density at radius 3 is 2.70 bits per heavy atom. The molecule has 4 aliphatic rings. The molecule has 0 bridgehead atoms. The van der Waals surface area contributed by atoms with Gasteiger partial charge in [0.2, 0.25) is 6.79 Å². The zero-order chi connectivity index (χ0) is 18.2. The van der Waals surface area contributed by atoms with Gasteiger partial charge in [-0.05, 0) is 53.5 Å². The van der Waals surface area contributed by atoms with Crippen LogP contribution < -0.4 is 14.8 Å². The van der Waals surface area contributed by atoms with Crippen LogP contribution in [-0.2, 0) is 18.4 Å². The quantitative estimate of drug-likeness (QED) is 0.770. The van der Waals surface area contributed by atoms with Gasteiger partial charge in [-0.15, -0.1) is 0 Å². The maximum Gasteiger partial charge on any atom is 0.231 e. The second-order valence-electron chi connectivity index (χ2n) is 9.05. The van der Waals surface area contributed by atoms with Gasteiger partial charge >= 0.3 is 0 Å². The molecule has 6 rings (SSSR count). The van der Waals surface area contributed by atoms with Gasteiger partial charge in [-0.3, -0.25) is 4.90 Å². The van der Waals surface area contributed by atoms with Crippen LogP contribution in [0.5, 0.6) is 11.5 Å². The summed E-state index contributed by atoms with van der Waals surface area (Å²) < 4.78 is 11.3. The normalized spacial score (nSPS) is 29.8. The van der Waals surface area contributed by atoms with E-state index in [-0.39, 0.29) is 5.41 Å². The lowest BCUT2D eigenvalue weighted by molar-refractivity contribution is 0.0493. The fraction of sp³-hybridized carbons (Fsp3) is 0.478. The fourth-order valence-electron chi connectivity index (χ4n) is 5.93. The first-order chi connectivity index (χ1) is 13.1. The molecule has 4 aliphatic heterocycles. The number of ether oxygens (including phenoxy) is 2. The Labute approximate surface area is 160 Å². The first kappa shape index (κ1) is 15.8. The second-order valence-corrected chi connectivity index (χ2v) is 9.05. The van der Waals surface area contributed by atoms with Crippen LogP contribution in [0.15, 0.2) is 36.4 Å². The summed E-state index contributed by atoms with van der Waals surface area (Å²) in [5.41, 5.74) is 5.75. The summed E-state index contributed by atoms with van der Waals surface area (Å²) in [6.45, 7) is 7.43. The van der Waals surface area contributed by atoms with Crippen molar-refractivity contribution in [1.82, 2.24) is 4.90 Å². The number of nitrogens with zero attached hydrogens (tertiary/aromatic N) is 1. The maximum absolute atomic E-state index is 5.66. The summed E-state index contributed by atoms with van der Waals surface area (Å²) in [4.78, 5) is 2.70. The number of hydrogen-bond acceptors (Lipinski definition) is 4. The molecule has 0 aromatic heterocycles. The van der Waals surface area contributed by atoms with Crippen LogP contribution in [0, 0.1) is 5.92 Å². The van der Waals surface area contributed by atoms with E-state index in [2.05, 4.69) is 60.5 Å². The van der Waals surface area contributed by atoms with E-state index in [9.17, 15) is 0 Å². The van der Waals surface area contributed by atoms with Gasteiger partial charge in [0.1, 0.15) is 0 Å². The van der Waals surface area contributed by atoms with Crippen LogP contribution in [0.3, 0.4) is 0 Å². The van der Waals surface area contributed by atoms with E-state index < -0.39 is 0 Å². The fourth-order valence-corrected chi connectivity index (χ4v) is 5.93. The van der Waals surface area contributed by atoms with Gasteiger partial charge in [0.05, 0.1) is 0 Å². The third kappa shape index (κ3) is 2.19. The first-order valence-electron chi connectivity index (χ1n) is 10.1. The maximum atomic E-state index is 5.66. The smallest absolute Gasteiger partial charge is 0.231 e. The molecule has 0 aliphatic carbocycles. The van der Waals surface area contributed by atoms with E-state index >= 15 is 0 Å². The number of nitrogens with one attached hydrogen (secondary N) is 1. The first-order valence-corrected chi connectivity index (χ1v) is 10.1. The third-order valence-corrected chi connectivity index (χ3v) is 7.42. The van der Waals surface area contributed by atoms with Crippen molar-refractivity contribution in [3.05, 3.63) is 53.1 Å². The minimum absolute atomic E-state index is 0.120. The lowest BCUT2D eigenvalue weighted by atomic mass is 9.62. The average molecular weight is 362 g/mol. The molecule has 3 atom stereocenters. The Balaban J connectivity index is 1.42. The van der Waals surface area contributed by atoms with E-state index in [1.54, 1.807) is 0 Å². The number of rotatable bonds is 0. The molecule has 4 heteroatoms. The SMILES string of the molecule is CC1(C)c2cc3c(cc2N[C@H]2[C@@H]4Cc5ccccc5CN4CC[C@@H]21)OCO3. The number of anilines is 1. The summed E-state index contributed by atoms with van der Waals surface area (Å²) in [6, 6.07) is 14.4. The Kier molecular flexibility index (Phi) is 3.17. The zero-order valence-corrected chi connectivity index (χ0v) is 16.0. The predicted octanol–water partition coefficient (Wildman–Crippen LogP) is 3.93. The van der Waals surface area contributed by atoms with Gasteiger partial charge < -0.3 is 14.8 Å². The molecule has 1 fully saturated rings. The van der Waals surface area contributed by atoms with Crippen molar-refractivity contribution in [1.29, 1.82) is 0 Å². The van der Waals surface area contributed by atoms with Gasteiger partial charge in [0.25, 0.3) is 0 Å². The van der Waals surface area contributed by atoms with Crippen molar-refractivity contribution in [2.24, 2.45) is 5.92 Å². The minimum Gasteiger partial charge on any atom is -0.454 e. The van der Waals surface area contributed by atoms with Crippen LogP contribution in [-0.4, -0.2) is 30.3 Å². The molecule has 27 heavy (non-hydrogen) atoms. The highest BCUT2D eigenvalue weighted by Crippen LogP contribution is 2.52. The van der Waals surface area contributed by atoms with E-state index in [1.165, 1.54) is 35.3 Å². The number of piperidine rings is 1. The Bertz CT molecular complexity index is 923. The molecule has 4 nitrogen and oxygen atoms in total. The van der Waals surface area contributed by atoms with Crippen molar-refractivity contribution in [2.75, 3.05) is 18.7 Å². The number of hydrogen-bond donors (Lipinski definition) is 1. The standard InChI is InChI=1S/C23H26N2O2/c1-23(2)16-7-8-25-12-15-6-4-3-5-14(15)9-19(25)22(16)24-18-11-21-20(10-17(18)23)26-13-27-21/h3-6,10-11,16,19,22,24H,7-9,12-13H2,1-2H3/t16-,19-,22+/m0/s1. The summed E-state index contributed by atoms with van der Waals surface area (Å²) in [6.07, 6.45) is 2.37. The zero-order valence-electron chi connectivity index (χ0n) is 16.0.